The second-order valence-electron chi connectivity index (χ2n) is 8.16. The van der Waals surface area contributed by atoms with Crippen LogP contribution in [-0.4, -0.2) is 48.2 Å². The van der Waals surface area contributed by atoms with Gasteiger partial charge >= 0.3 is 5.97 Å². The van der Waals surface area contributed by atoms with E-state index in [4.69, 9.17) is 9.47 Å². The number of ether oxygens (including phenoxy) is 2. The van der Waals surface area contributed by atoms with Crippen LogP contribution in [0.5, 0.6) is 11.5 Å². The predicted molar refractivity (Wildman–Crippen MR) is 107 cm³/mol. The van der Waals surface area contributed by atoms with Crippen molar-refractivity contribution in [3.63, 3.8) is 0 Å². The van der Waals surface area contributed by atoms with Crippen molar-refractivity contribution >= 4 is 11.9 Å². The van der Waals surface area contributed by atoms with Gasteiger partial charge in [-0.15, -0.1) is 0 Å². The number of aliphatic carboxylic acids is 1. The quantitative estimate of drug-likeness (QED) is 0.861. The zero-order valence-electron chi connectivity index (χ0n) is 16.6. The molecule has 1 fully saturated rings. The van der Waals surface area contributed by atoms with Gasteiger partial charge in [0.25, 0.3) is 0 Å². The molecule has 1 N–H and O–H groups in total. The molecular formula is C23H25NO5. The molecule has 2 unspecified atom stereocenters. The van der Waals surface area contributed by atoms with Gasteiger partial charge in [0.05, 0.1) is 11.3 Å². The molecule has 0 radical (unpaired) electrons. The van der Waals surface area contributed by atoms with Crippen molar-refractivity contribution in [1.29, 1.82) is 0 Å². The molecule has 29 heavy (non-hydrogen) atoms. The number of hydrogen-bond acceptors (Lipinski definition) is 4. The molecular weight excluding hydrogens is 370 g/mol. The number of amides is 1. The number of fused-ring (bicyclic) bond motifs is 1. The summed E-state index contributed by atoms with van der Waals surface area (Å²) in [6, 6.07) is 15.1. The smallest absolute Gasteiger partial charge is 0.308 e. The molecule has 4 rings (SSSR count). The van der Waals surface area contributed by atoms with Crippen LogP contribution in [0.2, 0.25) is 0 Å². The number of carbonyl (C=O) groups is 2. The van der Waals surface area contributed by atoms with Crippen LogP contribution in [0.25, 0.3) is 0 Å². The number of rotatable bonds is 4. The lowest BCUT2D eigenvalue weighted by molar-refractivity contribution is -0.142. The Morgan fingerprint density at radius 2 is 1.69 bits per heavy atom. The Morgan fingerprint density at radius 1 is 1.00 bits per heavy atom. The highest BCUT2D eigenvalue weighted by Crippen LogP contribution is 2.39. The Morgan fingerprint density at radius 3 is 2.38 bits per heavy atom. The van der Waals surface area contributed by atoms with Gasteiger partial charge in [-0.25, -0.2) is 0 Å². The summed E-state index contributed by atoms with van der Waals surface area (Å²) in [5.41, 5.74) is 0.957. The van der Waals surface area contributed by atoms with Gasteiger partial charge in [0.1, 0.15) is 13.2 Å². The maximum atomic E-state index is 13.4. The lowest BCUT2D eigenvalue weighted by Gasteiger charge is -2.31. The van der Waals surface area contributed by atoms with E-state index in [9.17, 15) is 14.7 Å². The fraction of sp³-hybridized carbons (Fsp3) is 0.391. The molecule has 1 amide bonds. The molecule has 2 aliphatic heterocycles. The van der Waals surface area contributed by atoms with Crippen LogP contribution in [0.4, 0.5) is 0 Å². The molecule has 2 atom stereocenters. The number of carboxylic acid groups (broad SMARTS) is 1. The molecule has 1 saturated heterocycles. The largest absolute Gasteiger partial charge is 0.486 e. The summed E-state index contributed by atoms with van der Waals surface area (Å²) < 4.78 is 11.2. The second-order valence-corrected chi connectivity index (χ2v) is 8.16. The van der Waals surface area contributed by atoms with Gasteiger partial charge in [-0.3, -0.25) is 9.59 Å². The zero-order chi connectivity index (χ0) is 20.6. The minimum absolute atomic E-state index is 0.0844. The fourth-order valence-corrected chi connectivity index (χ4v) is 4.21. The van der Waals surface area contributed by atoms with Gasteiger partial charge in [-0.1, -0.05) is 36.4 Å². The predicted octanol–water partition coefficient (Wildman–Crippen LogP) is 3.06. The van der Waals surface area contributed by atoms with E-state index in [-0.39, 0.29) is 18.4 Å². The van der Waals surface area contributed by atoms with Gasteiger partial charge in [0, 0.05) is 19.0 Å². The molecule has 2 aromatic carbocycles. The Balaban J connectivity index is 1.59. The first-order valence-corrected chi connectivity index (χ1v) is 9.85. The summed E-state index contributed by atoms with van der Waals surface area (Å²) in [6.07, 6.45) is 0. The maximum Gasteiger partial charge on any atom is 0.308 e. The van der Waals surface area contributed by atoms with Crippen molar-refractivity contribution in [3.8, 4) is 11.5 Å². The third-order valence-corrected chi connectivity index (χ3v) is 5.95. The molecule has 0 aliphatic carbocycles. The van der Waals surface area contributed by atoms with E-state index >= 15 is 0 Å². The third kappa shape index (κ3) is 3.55. The van der Waals surface area contributed by atoms with Crippen LogP contribution >= 0.6 is 0 Å². The normalized spacial score (nSPS) is 21.1. The molecule has 6 heteroatoms. The fourth-order valence-electron chi connectivity index (χ4n) is 4.21. The number of nitrogens with zero attached hydrogens (tertiary/aromatic N) is 1. The third-order valence-electron chi connectivity index (χ3n) is 5.95. The monoisotopic (exact) mass is 395 g/mol. The molecule has 2 aromatic rings. The topological polar surface area (TPSA) is 76.1 Å². The molecule has 152 valence electrons. The lowest BCUT2D eigenvalue weighted by Crippen LogP contribution is -2.42. The summed E-state index contributed by atoms with van der Waals surface area (Å²) in [5, 5.41) is 9.73. The second kappa shape index (κ2) is 7.43. The zero-order valence-corrected chi connectivity index (χ0v) is 16.6. The number of carbonyl (C=O) groups excluding carboxylic acids is 1. The molecule has 6 nitrogen and oxygen atoms in total. The van der Waals surface area contributed by atoms with Crippen LogP contribution < -0.4 is 9.47 Å². The summed E-state index contributed by atoms with van der Waals surface area (Å²) in [6.45, 7) is 5.34. The molecule has 2 heterocycles. The highest BCUT2D eigenvalue weighted by Gasteiger charge is 2.44. The van der Waals surface area contributed by atoms with Crippen molar-refractivity contribution < 1.29 is 24.2 Å². The van der Waals surface area contributed by atoms with Crippen molar-refractivity contribution in [1.82, 2.24) is 4.90 Å². The molecule has 0 saturated carbocycles. The first kappa shape index (κ1) is 19.3. The van der Waals surface area contributed by atoms with E-state index in [0.29, 0.717) is 31.3 Å². The van der Waals surface area contributed by atoms with E-state index < -0.39 is 17.3 Å². The van der Waals surface area contributed by atoms with E-state index in [2.05, 4.69) is 0 Å². The highest BCUT2D eigenvalue weighted by molar-refractivity contribution is 5.89. The number of carboxylic acids is 1. The molecule has 2 aliphatic rings. The van der Waals surface area contributed by atoms with Gasteiger partial charge in [-0.05, 0) is 37.1 Å². The van der Waals surface area contributed by atoms with Gasteiger partial charge in [-0.2, -0.15) is 0 Å². The molecule has 0 spiro atoms. The average Bonchev–Trinajstić information content (AvgIpc) is 3.19. The number of benzene rings is 2. The first-order chi connectivity index (χ1) is 13.9. The van der Waals surface area contributed by atoms with Crippen LogP contribution in [0.1, 0.15) is 30.9 Å². The average molecular weight is 395 g/mol. The van der Waals surface area contributed by atoms with Crippen molar-refractivity contribution in [3.05, 3.63) is 59.7 Å². The minimum Gasteiger partial charge on any atom is -0.486 e. The van der Waals surface area contributed by atoms with Gasteiger partial charge in [0.15, 0.2) is 11.5 Å². The summed E-state index contributed by atoms with van der Waals surface area (Å²) in [7, 11) is 0. The Hall–Kier alpha value is -3.02. The van der Waals surface area contributed by atoms with E-state index in [1.165, 1.54) is 0 Å². The van der Waals surface area contributed by atoms with Crippen LogP contribution in [0, 0.1) is 5.92 Å². The van der Waals surface area contributed by atoms with Crippen molar-refractivity contribution in [2.45, 2.75) is 25.2 Å². The minimum atomic E-state index is -0.869. The van der Waals surface area contributed by atoms with Crippen molar-refractivity contribution in [2.75, 3.05) is 26.3 Å². The van der Waals surface area contributed by atoms with Crippen molar-refractivity contribution in [2.24, 2.45) is 5.92 Å². The summed E-state index contributed by atoms with van der Waals surface area (Å²) >= 11 is 0. The number of likely N-dealkylation sites (tertiary alicyclic amines) is 1. The SMILES string of the molecule is CC(C)(C(=O)N1CC(C(=O)O)C(c2ccccc2)C1)c1ccc2c(c1)OCCO2. The Labute approximate surface area is 170 Å². The van der Waals surface area contributed by atoms with Crippen LogP contribution in [0.3, 0.4) is 0 Å². The summed E-state index contributed by atoms with van der Waals surface area (Å²) in [4.78, 5) is 27.0. The summed E-state index contributed by atoms with van der Waals surface area (Å²) in [5.74, 6) is -0.461. The van der Waals surface area contributed by atoms with Crippen LogP contribution in [0.15, 0.2) is 48.5 Å². The van der Waals surface area contributed by atoms with E-state index in [1.54, 1.807) is 4.90 Å². The van der Waals surface area contributed by atoms with E-state index in [0.717, 1.165) is 11.1 Å². The highest BCUT2D eigenvalue weighted by atomic mass is 16.6. The van der Waals surface area contributed by atoms with E-state index in [1.807, 2.05) is 62.4 Å². The Kier molecular flexibility index (Phi) is 4.94. The molecule has 0 aromatic heterocycles. The Bertz CT molecular complexity index is 924. The van der Waals surface area contributed by atoms with Gasteiger partial charge in [0.2, 0.25) is 5.91 Å². The van der Waals surface area contributed by atoms with Crippen LogP contribution in [-0.2, 0) is 15.0 Å². The van der Waals surface area contributed by atoms with Gasteiger partial charge < -0.3 is 19.5 Å². The standard InChI is InChI=1S/C23H25NO5/c1-23(2,16-8-9-19-20(12-16)29-11-10-28-19)22(27)24-13-17(18(14-24)21(25)26)15-6-4-3-5-7-15/h3-9,12,17-18H,10-11,13-14H2,1-2H3,(H,25,26). The number of hydrogen-bond donors (Lipinski definition) is 1. The first-order valence-electron chi connectivity index (χ1n) is 9.85. The maximum absolute atomic E-state index is 13.4. The lowest BCUT2D eigenvalue weighted by atomic mass is 9.83. The molecule has 0 bridgehead atoms.